The summed E-state index contributed by atoms with van der Waals surface area (Å²) >= 11 is 1.87. The Morgan fingerprint density at radius 3 is 1.61 bits per heavy atom. The monoisotopic (exact) mass is 795 g/mol. The van der Waals surface area contributed by atoms with Gasteiger partial charge in [0.1, 0.15) is 11.2 Å². The number of hydrogen-bond donors (Lipinski definition) is 0. The molecule has 2 nitrogen and oxygen atoms in total. The van der Waals surface area contributed by atoms with Gasteiger partial charge in [0.15, 0.2) is 0 Å². The quantitative estimate of drug-likeness (QED) is 0.160. The van der Waals surface area contributed by atoms with Crippen molar-refractivity contribution in [2.24, 2.45) is 0 Å². The van der Waals surface area contributed by atoms with Crippen molar-refractivity contribution in [2.45, 2.75) is 0 Å². The smallest absolute Gasteiger partial charge is 0.143 e. The molecule has 0 N–H and O–H groups in total. The van der Waals surface area contributed by atoms with Gasteiger partial charge in [0.2, 0.25) is 0 Å². The Morgan fingerprint density at radius 1 is 0.328 bits per heavy atom. The minimum Gasteiger partial charge on any atom is -0.455 e. The third kappa shape index (κ3) is 6.09. The van der Waals surface area contributed by atoms with Crippen LogP contribution in [0.3, 0.4) is 0 Å². The molecule has 12 rings (SSSR count). The van der Waals surface area contributed by atoms with Gasteiger partial charge in [-0.2, -0.15) is 0 Å². The Kier molecular flexibility index (Phi) is 8.39. The Hall–Kier alpha value is -7.72. The third-order valence-corrected chi connectivity index (χ3v) is 13.3. The first kappa shape index (κ1) is 35.2. The van der Waals surface area contributed by atoms with E-state index in [1.54, 1.807) is 0 Å². The molecule has 61 heavy (non-hydrogen) atoms. The van der Waals surface area contributed by atoms with E-state index in [2.05, 4.69) is 217 Å². The van der Waals surface area contributed by atoms with Crippen LogP contribution in [0, 0.1) is 0 Å². The molecule has 3 heteroatoms. The topological polar surface area (TPSA) is 16.4 Å². The molecule has 0 atom stereocenters. The zero-order chi connectivity index (χ0) is 40.3. The van der Waals surface area contributed by atoms with Crippen LogP contribution in [-0.2, 0) is 0 Å². The second-order valence-corrected chi connectivity index (χ2v) is 16.7. The molecule has 2 heterocycles. The van der Waals surface area contributed by atoms with Gasteiger partial charge in [-0.3, -0.25) is 0 Å². The fourth-order valence-electron chi connectivity index (χ4n) is 9.19. The third-order valence-electron chi connectivity index (χ3n) is 12.0. The molecule has 0 amide bonds. The van der Waals surface area contributed by atoms with E-state index in [0.717, 1.165) is 55.7 Å². The summed E-state index contributed by atoms with van der Waals surface area (Å²) in [6.45, 7) is 0. The van der Waals surface area contributed by atoms with Gasteiger partial charge < -0.3 is 9.32 Å². The van der Waals surface area contributed by atoms with Crippen LogP contribution in [0.5, 0.6) is 0 Å². The average molecular weight is 796 g/mol. The minimum absolute atomic E-state index is 0.898. The largest absolute Gasteiger partial charge is 0.455 e. The zero-order valence-electron chi connectivity index (χ0n) is 33.1. The van der Waals surface area contributed by atoms with Gasteiger partial charge in [-0.25, -0.2) is 0 Å². The van der Waals surface area contributed by atoms with Gasteiger partial charge in [-0.1, -0.05) is 170 Å². The van der Waals surface area contributed by atoms with Crippen molar-refractivity contribution in [3.8, 4) is 44.5 Å². The van der Waals surface area contributed by atoms with Crippen molar-refractivity contribution in [2.75, 3.05) is 4.90 Å². The number of benzene rings is 10. The van der Waals surface area contributed by atoms with Gasteiger partial charge in [-0.05, 0) is 104 Å². The van der Waals surface area contributed by atoms with E-state index in [1.807, 2.05) is 23.5 Å². The van der Waals surface area contributed by atoms with E-state index in [0.29, 0.717) is 0 Å². The molecular formula is C58H37NOS. The number of furan rings is 1. The summed E-state index contributed by atoms with van der Waals surface area (Å²) in [5, 5.41) is 7.35. The first-order chi connectivity index (χ1) is 30.2. The van der Waals surface area contributed by atoms with Crippen molar-refractivity contribution in [3.05, 3.63) is 224 Å². The first-order valence-corrected chi connectivity index (χ1v) is 21.6. The summed E-state index contributed by atoms with van der Waals surface area (Å²) in [4.78, 5) is 2.39. The van der Waals surface area contributed by atoms with Gasteiger partial charge in [0, 0.05) is 53.6 Å². The van der Waals surface area contributed by atoms with Crippen LogP contribution in [-0.4, -0.2) is 0 Å². The number of rotatable bonds is 7. The summed E-state index contributed by atoms with van der Waals surface area (Å²) in [7, 11) is 0. The fraction of sp³-hybridized carbons (Fsp3) is 0. The molecule has 12 aromatic rings. The van der Waals surface area contributed by atoms with Crippen molar-refractivity contribution >= 4 is 81.3 Å². The second kappa shape index (κ2) is 14.5. The summed E-state index contributed by atoms with van der Waals surface area (Å²) in [6, 6.07) is 81.2. The number of fused-ring (bicyclic) bond motifs is 7. The average Bonchev–Trinajstić information content (AvgIpc) is 3.91. The molecule has 0 aliphatic rings. The predicted octanol–water partition coefficient (Wildman–Crippen LogP) is 17.2. The standard InChI is InChI=1S/C58H37NOS/c1-2-24-47-38(14-1)15-11-27-48(47)42-19-9-22-45(36-42)59(46-23-10-20-43(37-46)49-28-12-30-53-51-25-3-5-32-55(51)60-57(49)53)44-21-8-17-40(35-44)39-16-7-18-41(34-39)50-29-13-31-54-52-26-4-6-33-56(52)61-58(50)54/h1-37H. The van der Waals surface area contributed by atoms with E-state index < -0.39 is 0 Å². The lowest BCUT2D eigenvalue weighted by Gasteiger charge is -2.27. The summed E-state index contributed by atoms with van der Waals surface area (Å²) in [5.74, 6) is 0. The molecule has 0 unspecified atom stereocenters. The summed E-state index contributed by atoms with van der Waals surface area (Å²) in [6.07, 6.45) is 0. The zero-order valence-corrected chi connectivity index (χ0v) is 33.9. The highest BCUT2D eigenvalue weighted by Crippen LogP contribution is 2.44. The SMILES string of the molecule is c1cc(-c2cccc(N(c3cccc(-c4cccc5ccccc45)c3)c3cccc(-c4cccc5c4oc4ccccc45)c3)c2)cc(-c2cccc3c2sc2ccccc23)c1. The molecule has 10 aromatic carbocycles. The van der Waals surface area contributed by atoms with Crippen molar-refractivity contribution in [1.82, 2.24) is 0 Å². The lowest BCUT2D eigenvalue weighted by molar-refractivity contribution is 0.670. The molecule has 0 saturated heterocycles. The van der Waals surface area contributed by atoms with Crippen molar-refractivity contribution in [1.29, 1.82) is 0 Å². The number of hydrogen-bond acceptors (Lipinski definition) is 3. The highest BCUT2D eigenvalue weighted by atomic mass is 32.1. The fourth-order valence-corrected chi connectivity index (χ4v) is 10.4. The van der Waals surface area contributed by atoms with E-state index in [1.165, 1.54) is 58.8 Å². The van der Waals surface area contributed by atoms with Crippen LogP contribution in [0.15, 0.2) is 229 Å². The van der Waals surface area contributed by atoms with Gasteiger partial charge in [0.25, 0.3) is 0 Å². The Morgan fingerprint density at radius 2 is 0.820 bits per heavy atom. The predicted molar refractivity (Wildman–Crippen MR) is 261 cm³/mol. The molecule has 0 aliphatic heterocycles. The number of anilines is 3. The molecule has 0 radical (unpaired) electrons. The van der Waals surface area contributed by atoms with Gasteiger partial charge in [0.05, 0.1) is 0 Å². The lowest BCUT2D eigenvalue weighted by atomic mass is 9.96. The molecule has 0 saturated carbocycles. The Bertz CT molecular complexity index is 3620. The van der Waals surface area contributed by atoms with E-state index in [4.69, 9.17) is 4.42 Å². The number of para-hydroxylation sites is 2. The Balaban J connectivity index is 1.01. The summed E-state index contributed by atoms with van der Waals surface area (Å²) in [5.41, 5.74) is 14.4. The molecule has 0 aliphatic carbocycles. The van der Waals surface area contributed by atoms with Crippen molar-refractivity contribution < 1.29 is 4.42 Å². The molecule has 0 fully saturated rings. The second-order valence-electron chi connectivity index (χ2n) is 15.7. The van der Waals surface area contributed by atoms with E-state index >= 15 is 0 Å². The van der Waals surface area contributed by atoms with Crippen LogP contribution in [0.25, 0.3) is 97.4 Å². The molecule has 286 valence electrons. The van der Waals surface area contributed by atoms with Crippen LogP contribution in [0.2, 0.25) is 0 Å². The minimum atomic E-state index is 0.898. The number of thiophene rings is 1. The number of nitrogens with zero attached hydrogens (tertiary/aromatic N) is 1. The van der Waals surface area contributed by atoms with Crippen LogP contribution < -0.4 is 4.90 Å². The maximum absolute atomic E-state index is 6.54. The summed E-state index contributed by atoms with van der Waals surface area (Å²) < 4.78 is 9.18. The van der Waals surface area contributed by atoms with Crippen LogP contribution >= 0.6 is 11.3 Å². The van der Waals surface area contributed by atoms with E-state index in [-0.39, 0.29) is 0 Å². The molecular weight excluding hydrogens is 759 g/mol. The maximum Gasteiger partial charge on any atom is 0.143 e. The van der Waals surface area contributed by atoms with Crippen LogP contribution in [0.1, 0.15) is 0 Å². The maximum atomic E-state index is 6.54. The molecule has 2 aromatic heterocycles. The van der Waals surface area contributed by atoms with Gasteiger partial charge in [-0.15, -0.1) is 11.3 Å². The van der Waals surface area contributed by atoms with Gasteiger partial charge >= 0.3 is 0 Å². The Labute approximate surface area is 357 Å². The first-order valence-electron chi connectivity index (χ1n) is 20.7. The van der Waals surface area contributed by atoms with Crippen LogP contribution in [0.4, 0.5) is 17.1 Å². The molecule has 0 bridgehead atoms. The lowest BCUT2D eigenvalue weighted by Crippen LogP contribution is -2.10. The highest BCUT2D eigenvalue weighted by molar-refractivity contribution is 7.26. The molecule has 0 spiro atoms. The normalized spacial score (nSPS) is 11.6. The highest BCUT2D eigenvalue weighted by Gasteiger charge is 2.19. The van der Waals surface area contributed by atoms with Crippen molar-refractivity contribution in [3.63, 3.8) is 0 Å². The van der Waals surface area contributed by atoms with E-state index in [9.17, 15) is 0 Å².